The SMILES string of the molecule is NS(=O)(=O)c1ccc(F)c(C(=O)OCC2CCCO2)c1F. The Labute approximate surface area is 119 Å². The number of nitrogens with two attached hydrogens (primary N) is 1. The lowest BCUT2D eigenvalue weighted by Crippen LogP contribution is -2.21. The number of rotatable bonds is 4. The van der Waals surface area contributed by atoms with Crippen LogP contribution in [0, 0.1) is 11.6 Å². The summed E-state index contributed by atoms with van der Waals surface area (Å²) in [5, 5.41) is 4.79. The number of esters is 1. The van der Waals surface area contributed by atoms with E-state index in [-0.39, 0.29) is 12.7 Å². The molecule has 1 unspecified atom stereocenters. The van der Waals surface area contributed by atoms with Crippen LogP contribution in [0.5, 0.6) is 0 Å². The van der Waals surface area contributed by atoms with Gasteiger partial charge in [0.25, 0.3) is 0 Å². The zero-order valence-electron chi connectivity index (χ0n) is 10.8. The molecule has 0 aliphatic carbocycles. The second-order valence-electron chi connectivity index (χ2n) is 4.51. The van der Waals surface area contributed by atoms with Gasteiger partial charge >= 0.3 is 5.97 Å². The molecule has 0 bridgehead atoms. The van der Waals surface area contributed by atoms with E-state index in [2.05, 4.69) is 0 Å². The first-order chi connectivity index (χ1) is 9.80. The molecule has 1 aromatic carbocycles. The van der Waals surface area contributed by atoms with Crippen LogP contribution in [-0.4, -0.2) is 33.7 Å². The van der Waals surface area contributed by atoms with Gasteiger partial charge in [-0.15, -0.1) is 0 Å². The summed E-state index contributed by atoms with van der Waals surface area (Å²) in [6.45, 7) is 0.378. The van der Waals surface area contributed by atoms with Crippen molar-refractivity contribution in [2.24, 2.45) is 5.14 Å². The molecule has 1 heterocycles. The summed E-state index contributed by atoms with van der Waals surface area (Å²) in [6.07, 6.45) is 1.17. The van der Waals surface area contributed by atoms with Crippen molar-refractivity contribution in [3.63, 3.8) is 0 Å². The topological polar surface area (TPSA) is 95.7 Å². The van der Waals surface area contributed by atoms with E-state index in [1.807, 2.05) is 0 Å². The second-order valence-corrected chi connectivity index (χ2v) is 6.04. The van der Waals surface area contributed by atoms with E-state index in [9.17, 15) is 22.0 Å². The molecule has 2 N–H and O–H groups in total. The minimum Gasteiger partial charge on any atom is -0.459 e. The average Bonchev–Trinajstić information content (AvgIpc) is 2.87. The predicted molar refractivity (Wildman–Crippen MR) is 67.0 cm³/mol. The quantitative estimate of drug-likeness (QED) is 0.833. The molecule has 116 valence electrons. The van der Waals surface area contributed by atoms with Crippen LogP contribution in [0.2, 0.25) is 0 Å². The van der Waals surface area contributed by atoms with Gasteiger partial charge in [0.05, 0.1) is 6.10 Å². The number of sulfonamides is 1. The Kier molecular flexibility index (Phi) is 4.55. The van der Waals surface area contributed by atoms with Gasteiger partial charge in [0.1, 0.15) is 22.9 Å². The van der Waals surface area contributed by atoms with Crippen LogP contribution >= 0.6 is 0 Å². The maximum Gasteiger partial charge on any atom is 0.344 e. The Morgan fingerprint density at radius 3 is 2.71 bits per heavy atom. The monoisotopic (exact) mass is 321 g/mol. The standard InChI is InChI=1S/C12H13F2NO5S/c13-8-3-4-9(21(15,17)18)11(14)10(8)12(16)20-6-7-2-1-5-19-7/h3-4,7H,1-2,5-6H2,(H2,15,17,18). The lowest BCUT2D eigenvalue weighted by Gasteiger charge is -2.12. The molecule has 9 heteroatoms. The summed E-state index contributed by atoms with van der Waals surface area (Å²) in [6, 6.07) is 1.29. The summed E-state index contributed by atoms with van der Waals surface area (Å²) in [5.74, 6) is -4.09. The third-order valence-corrected chi connectivity index (χ3v) is 3.92. The minimum absolute atomic E-state index is 0.155. The maximum atomic E-state index is 13.9. The Morgan fingerprint density at radius 2 is 2.14 bits per heavy atom. The summed E-state index contributed by atoms with van der Waals surface area (Å²) in [4.78, 5) is 10.8. The molecule has 0 amide bonds. The number of hydrogen-bond acceptors (Lipinski definition) is 5. The van der Waals surface area contributed by atoms with Crippen molar-refractivity contribution < 1.29 is 31.5 Å². The van der Waals surface area contributed by atoms with Crippen molar-refractivity contribution in [2.75, 3.05) is 13.2 Å². The zero-order chi connectivity index (χ0) is 15.6. The van der Waals surface area contributed by atoms with Gasteiger partial charge in [0.2, 0.25) is 10.0 Å². The van der Waals surface area contributed by atoms with Crippen LogP contribution in [0.25, 0.3) is 0 Å². The zero-order valence-corrected chi connectivity index (χ0v) is 11.7. The molecular formula is C12H13F2NO5S. The Hall–Kier alpha value is -1.58. The third-order valence-electron chi connectivity index (χ3n) is 2.99. The summed E-state index contributed by atoms with van der Waals surface area (Å²) in [5.41, 5.74) is -1.08. The number of benzene rings is 1. The number of hydrogen-bond donors (Lipinski definition) is 1. The molecule has 2 rings (SSSR count). The predicted octanol–water partition coefficient (Wildman–Crippen LogP) is 0.948. The van der Waals surface area contributed by atoms with E-state index < -0.39 is 38.1 Å². The van der Waals surface area contributed by atoms with Crippen molar-refractivity contribution >= 4 is 16.0 Å². The smallest absolute Gasteiger partial charge is 0.344 e. The van der Waals surface area contributed by atoms with E-state index >= 15 is 0 Å². The van der Waals surface area contributed by atoms with Gasteiger partial charge in [-0.3, -0.25) is 0 Å². The van der Waals surface area contributed by atoms with Gasteiger partial charge in [-0.1, -0.05) is 0 Å². The normalized spacial score (nSPS) is 18.7. The lowest BCUT2D eigenvalue weighted by molar-refractivity contribution is 0.0153. The first kappa shape index (κ1) is 15.8. The fourth-order valence-electron chi connectivity index (χ4n) is 1.96. The minimum atomic E-state index is -4.41. The summed E-state index contributed by atoms with van der Waals surface area (Å²) in [7, 11) is -4.41. The third kappa shape index (κ3) is 3.55. The highest BCUT2D eigenvalue weighted by molar-refractivity contribution is 7.89. The van der Waals surface area contributed by atoms with Crippen molar-refractivity contribution in [1.29, 1.82) is 0 Å². The molecule has 6 nitrogen and oxygen atoms in total. The molecule has 0 saturated carbocycles. The Bertz CT molecular complexity index is 656. The van der Waals surface area contributed by atoms with Crippen molar-refractivity contribution in [3.05, 3.63) is 29.3 Å². The van der Waals surface area contributed by atoms with Crippen LogP contribution in [-0.2, 0) is 19.5 Å². The van der Waals surface area contributed by atoms with Crippen molar-refractivity contribution in [3.8, 4) is 0 Å². The van der Waals surface area contributed by atoms with Gasteiger partial charge < -0.3 is 9.47 Å². The molecular weight excluding hydrogens is 308 g/mol. The molecule has 0 radical (unpaired) electrons. The van der Waals surface area contributed by atoms with E-state index in [1.165, 1.54) is 0 Å². The number of carbonyl (C=O) groups excluding carboxylic acids is 1. The molecule has 1 fully saturated rings. The van der Waals surface area contributed by atoms with Crippen LogP contribution in [0.3, 0.4) is 0 Å². The number of carbonyl (C=O) groups is 1. The fourth-order valence-corrected chi connectivity index (χ4v) is 2.57. The lowest BCUT2D eigenvalue weighted by atomic mass is 10.2. The maximum absolute atomic E-state index is 13.9. The van der Waals surface area contributed by atoms with Gasteiger partial charge in [0.15, 0.2) is 5.82 Å². The van der Waals surface area contributed by atoms with Gasteiger partial charge in [-0.05, 0) is 25.0 Å². The van der Waals surface area contributed by atoms with Crippen molar-refractivity contribution in [2.45, 2.75) is 23.8 Å². The molecule has 1 aromatic rings. The molecule has 21 heavy (non-hydrogen) atoms. The van der Waals surface area contributed by atoms with E-state index in [0.717, 1.165) is 6.42 Å². The number of ether oxygens (including phenoxy) is 2. The molecule has 1 atom stereocenters. The number of primary sulfonamides is 1. The highest BCUT2D eigenvalue weighted by Crippen LogP contribution is 2.21. The van der Waals surface area contributed by atoms with Crippen LogP contribution in [0.15, 0.2) is 17.0 Å². The molecule has 1 aliphatic heterocycles. The molecule has 0 aromatic heterocycles. The highest BCUT2D eigenvalue weighted by Gasteiger charge is 2.27. The van der Waals surface area contributed by atoms with Crippen LogP contribution in [0.4, 0.5) is 8.78 Å². The largest absolute Gasteiger partial charge is 0.459 e. The summed E-state index contributed by atoms with van der Waals surface area (Å²) < 4.78 is 59.8. The number of halogens is 2. The van der Waals surface area contributed by atoms with Crippen molar-refractivity contribution in [1.82, 2.24) is 0 Å². The van der Waals surface area contributed by atoms with E-state index in [1.54, 1.807) is 0 Å². The highest BCUT2D eigenvalue weighted by atomic mass is 32.2. The van der Waals surface area contributed by atoms with Gasteiger partial charge in [0, 0.05) is 6.61 Å². The average molecular weight is 321 g/mol. The fraction of sp³-hybridized carbons (Fsp3) is 0.417. The molecule has 1 saturated heterocycles. The van der Waals surface area contributed by atoms with Crippen LogP contribution < -0.4 is 5.14 Å². The Balaban J connectivity index is 2.23. The van der Waals surface area contributed by atoms with E-state index in [4.69, 9.17) is 14.6 Å². The first-order valence-corrected chi connectivity index (χ1v) is 7.65. The van der Waals surface area contributed by atoms with Gasteiger partial charge in [-0.25, -0.2) is 27.1 Å². The van der Waals surface area contributed by atoms with E-state index in [0.29, 0.717) is 25.2 Å². The Morgan fingerprint density at radius 1 is 1.43 bits per heavy atom. The van der Waals surface area contributed by atoms with Gasteiger partial charge in [-0.2, -0.15) is 0 Å². The molecule has 0 spiro atoms. The van der Waals surface area contributed by atoms with Crippen LogP contribution in [0.1, 0.15) is 23.2 Å². The second kappa shape index (κ2) is 6.04. The summed E-state index contributed by atoms with van der Waals surface area (Å²) >= 11 is 0. The molecule has 1 aliphatic rings. The first-order valence-electron chi connectivity index (χ1n) is 6.10.